The molecule has 1 unspecified atom stereocenters. The number of para-hydroxylation sites is 1. The van der Waals surface area contributed by atoms with E-state index in [1.165, 1.54) is 0 Å². The summed E-state index contributed by atoms with van der Waals surface area (Å²) in [5.41, 5.74) is 1.51. The van der Waals surface area contributed by atoms with Crippen molar-refractivity contribution in [3.05, 3.63) is 46.2 Å². The van der Waals surface area contributed by atoms with Crippen molar-refractivity contribution >= 4 is 21.7 Å². The fraction of sp³-hybridized carbons (Fsp3) is 0.333. The van der Waals surface area contributed by atoms with E-state index in [-0.39, 0.29) is 11.7 Å². The maximum Gasteiger partial charge on any atom is 0.193 e. The van der Waals surface area contributed by atoms with E-state index < -0.39 is 0 Å². The lowest BCUT2D eigenvalue weighted by molar-refractivity contribution is 0.0932. The first kappa shape index (κ1) is 14.3. The second-order valence-electron chi connectivity index (χ2n) is 4.82. The molecule has 0 spiro atoms. The van der Waals surface area contributed by atoms with E-state index in [0.29, 0.717) is 29.9 Å². The zero-order valence-electron chi connectivity index (χ0n) is 11.6. The average molecular weight is 351 g/mol. The average Bonchev–Trinajstić information content (AvgIpc) is 3.08. The molecule has 2 aromatic rings. The summed E-state index contributed by atoms with van der Waals surface area (Å²) in [4.78, 5) is 12.9. The van der Waals surface area contributed by atoms with Crippen molar-refractivity contribution in [2.75, 3.05) is 20.3 Å². The van der Waals surface area contributed by atoms with Crippen LogP contribution in [0.3, 0.4) is 0 Å². The predicted octanol–water partition coefficient (Wildman–Crippen LogP) is 2.65. The number of carbonyl (C=O) groups is 1. The van der Waals surface area contributed by atoms with Crippen molar-refractivity contribution < 1.29 is 14.3 Å². The number of benzene rings is 1. The quantitative estimate of drug-likeness (QED) is 0.778. The number of ketones is 1. The third-order valence-electron chi connectivity index (χ3n) is 3.55. The van der Waals surface area contributed by atoms with Crippen LogP contribution in [0.2, 0.25) is 0 Å². The van der Waals surface area contributed by atoms with Crippen LogP contribution in [0.25, 0.3) is 0 Å². The van der Waals surface area contributed by atoms with Crippen LogP contribution in [0, 0.1) is 0 Å². The van der Waals surface area contributed by atoms with Gasteiger partial charge in [-0.2, -0.15) is 5.10 Å². The first-order chi connectivity index (χ1) is 10.2. The van der Waals surface area contributed by atoms with E-state index in [4.69, 9.17) is 9.47 Å². The van der Waals surface area contributed by atoms with Gasteiger partial charge in [0, 0.05) is 12.7 Å². The highest BCUT2D eigenvalue weighted by Crippen LogP contribution is 2.36. The number of hydrogen-bond acceptors (Lipinski definition) is 4. The second-order valence-corrected chi connectivity index (χ2v) is 5.68. The molecule has 2 heterocycles. The molecule has 21 heavy (non-hydrogen) atoms. The Morgan fingerprint density at radius 3 is 3.14 bits per heavy atom. The molecule has 1 aromatic carbocycles. The summed E-state index contributed by atoms with van der Waals surface area (Å²) in [6.45, 7) is 1.42. The molecule has 3 rings (SSSR count). The number of Topliss-reactive ketones (excluding diaryl/α,β-unsaturated/α-hetero) is 1. The lowest BCUT2D eigenvalue weighted by Crippen LogP contribution is -2.20. The van der Waals surface area contributed by atoms with Crippen LogP contribution in [0.1, 0.15) is 22.0 Å². The van der Waals surface area contributed by atoms with Gasteiger partial charge in [0.1, 0.15) is 18.1 Å². The van der Waals surface area contributed by atoms with Crippen molar-refractivity contribution in [2.24, 2.45) is 0 Å². The lowest BCUT2D eigenvalue weighted by Gasteiger charge is -2.11. The Kier molecular flexibility index (Phi) is 4.07. The van der Waals surface area contributed by atoms with Gasteiger partial charge >= 0.3 is 0 Å². The Hall–Kier alpha value is -1.66. The van der Waals surface area contributed by atoms with Gasteiger partial charge in [-0.25, -0.2) is 0 Å². The zero-order valence-corrected chi connectivity index (χ0v) is 13.2. The molecular formula is C15H15BrN2O3. The molecule has 6 heteroatoms. The number of halogens is 1. The molecule has 110 valence electrons. The van der Waals surface area contributed by atoms with Crippen molar-refractivity contribution in [3.63, 3.8) is 0 Å². The highest BCUT2D eigenvalue weighted by Gasteiger charge is 2.33. The third-order valence-corrected chi connectivity index (χ3v) is 4.13. The van der Waals surface area contributed by atoms with Crippen LogP contribution in [-0.4, -0.2) is 35.9 Å². The fourth-order valence-corrected chi connectivity index (χ4v) is 2.99. The van der Waals surface area contributed by atoms with Gasteiger partial charge in [-0.05, 0) is 22.0 Å². The van der Waals surface area contributed by atoms with Crippen molar-refractivity contribution in [2.45, 2.75) is 12.5 Å². The van der Waals surface area contributed by atoms with Crippen LogP contribution < -0.4 is 4.74 Å². The van der Waals surface area contributed by atoms with Gasteiger partial charge in [0.25, 0.3) is 0 Å². The second kappa shape index (κ2) is 5.99. The minimum Gasteiger partial charge on any atom is -0.492 e. The number of carbonyl (C=O) groups excluding carboxylic acids is 1. The summed E-state index contributed by atoms with van der Waals surface area (Å²) >= 11 is 3.41. The summed E-state index contributed by atoms with van der Waals surface area (Å²) < 4.78 is 13.0. The normalized spacial score (nSPS) is 16.6. The number of hydrogen-bond donors (Lipinski definition) is 0. The molecule has 0 amide bonds. The van der Waals surface area contributed by atoms with Crippen LogP contribution in [0.5, 0.6) is 5.75 Å². The van der Waals surface area contributed by atoms with Gasteiger partial charge in [0.15, 0.2) is 5.78 Å². The first-order valence-electron chi connectivity index (χ1n) is 6.68. The zero-order chi connectivity index (χ0) is 14.8. The highest BCUT2D eigenvalue weighted by molar-refractivity contribution is 9.10. The Labute approximate surface area is 131 Å². The number of nitrogens with zero attached hydrogens (tertiary/aromatic N) is 2. The monoisotopic (exact) mass is 350 g/mol. The summed E-state index contributed by atoms with van der Waals surface area (Å²) in [5.74, 6) is 0.519. The molecule has 1 aliphatic heterocycles. The number of ether oxygens (including phenoxy) is 2. The molecule has 0 aliphatic carbocycles. The van der Waals surface area contributed by atoms with Crippen LogP contribution >= 0.6 is 15.9 Å². The summed E-state index contributed by atoms with van der Waals surface area (Å²) in [6, 6.07) is 7.66. The molecule has 1 atom stereocenters. The minimum absolute atomic E-state index is 0.0143. The topological polar surface area (TPSA) is 53.4 Å². The van der Waals surface area contributed by atoms with Gasteiger partial charge in [0.2, 0.25) is 0 Å². The molecule has 1 aromatic heterocycles. The Bertz CT molecular complexity index is 669. The van der Waals surface area contributed by atoms with Crippen molar-refractivity contribution in [1.29, 1.82) is 0 Å². The number of rotatable bonds is 5. The summed E-state index contributed by atoms with van der Waals surface area (Å²) in [6.07, 6.45) is 1.64. The van der Waals surface area contributed by atoms with E-state index >= 15 is 0 Å². The Morgan fingerprint density at radius 2 is 2.33 bits per heavy atom. The molecule has 0 radical (unpaired) electrons. The van der Waals surface area contributed by atoms with Gasteiger partial charge in [-0.3, -0.25) is 9.48 Å². The molecule has 1 aliphatic rings. The molecule has 0 fully saturated rings. The Morgan fingerprint density at radius 1 is 1.52 bits per heavy atom. The highest BCUT2D eigenvalue weighted by atomic mass is 79.9. The summed E-state index contributed by atoms with van der Waals surface area (Å²) in [5, 5.41) is 4.23. The largest absolute Gasteiger partial charge is 0.492 e. The van der Waals surface area contributed by atoms with E-state index in [0.717, 1.165) is 11.3 Å². The molecule has 0 saturated carbocycles. The third kappa shape index (κ3) is 2.61. The minimum atomic E-state index is -0.282. The Balaban J connectivity index is 1.91. The fourth-order valence-electron chi connectivity index (χ4n) is 2.50. The van der Waals surface area contributed by atoms with Gasteiger partial charge in [-0.1, -0.05) is 18.2 Å². The summed E-state index contributed by atoms with van der Waals surface area (Å²) in [7, 11) is 1.63. The van der Waals surface area contributed by atoms with Crippen molar-refractivity contribution in [1.82, 2.24) is 9.78 Å². The maximum absolute atomic E-state index is 12.9. The van der Waals surface area contributed by atoms with E-state index in [9.17, 15) is 4.79 Å². The molecule has 0 N–H and O–H groups in total. The van der Waals surface area contributed by atoms with E-state index in [1.54, 1.807) is 18.0 Å². The van der Waals surface area contributed by atoms with Gasteiger partial charge < -0.3 is 9.47 Å². The maximum atomic E-state index is 12.9. The van der Waals surface area contributed by atoms with Crippen LogP contribution in [0.15, 0.2) is 34.9 Å². The van der Waals surface area contributed by atoms with Crippen molar-refractivity contribution in [3.8, 4) is 5.75 Å². The number of aromatic nitrogens is 2. The van der Waals surface area contributed by atoms with E-state index in [1.807, 2.05) is 24.3 Å². The lowest BCUT2D eigenvalue weighted by atomic mass is 9.95. The van der Waals surface area contributed by atoms with Gasteiger partial charge in [-0.15, -0.1) is 0 Å². The van der Waals surface area contributed by atoms with Gasteiger partial charge in [0.05, 0.1) is 29.7 Å². The number of fused-ring (bicyclic) bond motifs is 1. The predicted molar refractivity (Wildman–Crippen MR) is 80.8 cm³/mol. The molecule has 0 saturated heterocycles. The first-order valence-corrected chi connectivity index (χ1v) is 7.48. The standard InChI is InChI=1S/C15H15BrN2O3/c1-20-7-6-18-14(12(16)8-17-18)15(19)11-9-21-13-5-3-2-4-10(11)13/h2-5,8,11H,6-7,9H2,1H3. The number of methoxy groups -OCH3 is 1. The smallest absolute Gasteiger partial charge is 0.193 e. The SMILES string of the molecule is COCCn1ncc(Br)c1C(=O)C1COc2ccccc21. The van der Waals surface area contributed by atoms with Crippen LogP contribution in [0.4, 0.5) is 0 Å². The molecular weight excluding hydrogens is 336 g/mol. The molecule has 0 bridgehead atoms. The van der Waals surface area contributed by atoms with E-state index in [2.05, 4.69) is 21.0 Å². The molecule has 5 nitrogen and oxygen atoms in total. The van der Waals surface area contributed by atoms with Crippen LogP contribution in [-0.2, 0) is 11.3 Å².